The molecule has 0 aliphatic carbocycles. The van der Waals surface area contributed by atoms with E-state index in [0.717, 1.165) is 0 Å². The maximum Gasteiger partial charge on any atom is 0.410 e. The summed E-state index contributed by atoms with van der Waals surface area (Å²) in [6.45, 7) is 14.2. The summed E-state index contributed by atoms with van der Waals surface area (Å²) >= 11 is 0. The Morgan fingerprint density at radius 3 is 2.00 bits per heavy atom. The lowest BCUT2D eigenvalue weighted by molar-refractivity contribution is -0.132. The first-order valence-electron chi connectivity index (χ1n) is 7.12. The van der Waals surface area contributed by atoms with Crippen LogP contribution in [0.5, 0.6) is 0 Å². The SMILES string of the molecule is CCOCC(=O)C(C)(C)CN(CC)C(=O)OC(C)(C)C. The van der Waals surface area contributed by atoms with Crippen molar-refractivity contribution < 1.29 is 19.1 Å². The highest BCUT2D eigenvalue weighted by molar-refractivity contribution is 5.86. The van der Waals surface area contributed by atoms with Crippen LogP contribution in [0.2, 0.25) is 0 Å². The molecule has 0 aromatic carbocycles. The summed E-state index contributed by atoms with van der Waals surface area (Å²) in [6.07, 6.45) is -0.391. The zero-order valence-corrected chi connectivity index (χ0v) is 13.9. The Morgan fingerprint density at radius 2 is 1.60 bits per heavy atom. The third kappa shape index (κ3) is 6.89. The molecule has 20 heavy (non-hydrogen) atoms. The minimum Gasteiger partial charge on any atom is -0.444 e. The molecule has 0 rings (SSSR count). The Hall–Kier alpha value is -1.10. The fourth-order valence-corrected chi connectivity index (χ4v) is 1.59. The van der Waals surface area contributed by atoms with Crippen LogP contribution < -0.4 is 0 Å². The van der Waals surface area contributed by atoms with Crippen LogP contribution in [0.15, 0.2) is 0 Å². The quantitative estimate of drug-likeness (QED) is 0.722. The topological polar surface area (TPSA) is 55.8 Å². The maximum atomic E-state index is 12.1. The highest BCUT2D eigenvalue weighted by Gasteiger charge is 2.32. The van der Waals surface area contributed by atoms with Crippen LogP contribution in [0.4, 0.5) is 4.79 Å². The van der Waals surface area contributed by atoms with E-state index in [-0.39, 0.29) is 12.4 Å². The molecule has 0 fully saturated rings. The van der Waals surface area contributed by atoms with Gasteiger partial charge >= 0.3 is 6.09 Å². The van der Waals surface area contributed by atoms with E-state index in [1.54, 1.807) is 4.90 Å². The van der Waals surface area contributed by atoms with Crippen molar-refractivity contribution in [3.05, 3.63) is 0 Å². The summed E-state index contributed by atoms with van der Waals surface area (Å²) in [5, 5.41) is 0. The van der Waals surface area contributed by atoms with E-state index < -0.39 is 17.1 Å². The average Bonchev–Trinajstić information content (AvgIpc) is 2.30. The number of amides is 1. The molecule has 5 heteroatoms. The van der Waals surface area contributed by atoms with Crippen molar-refractivity contribution in [3.63, 3.8) is 0 Å². The van der Waals surface area contributed by atoms with Gasteiger partial charge in [-0.25, -0.2) is 4.79 Å². The number of hydrogen-bond acceptors (Lipinski definition) is 4. The second-order valence-corrected chi connectivity index (χ2v) is 6.44. The Kier molecular flexibility index (Phi) is 7.20. The maximum absolute atomic E-state index is 12.1. The molecule has 0 aromatic rings. The van der Waals surface area contributed by atoms with Gasteiger partial charge < -0.3 is 14.4 Å². The normalized spacial score (nSPS) is 12.2. The third-order valence-corrected chi connectivity index (χ3v) is 2.81. The molecule has 0 saturated carbocycles. The van der Waals surface area contributed by atoms with Gasteiger partial charge in [0.05, 0.1) is 0 Å². The summed E-state index contributed by atoms with van der Waals surface area (Å²) in [5.74, 6) is -0.0126. The lowest BCUT2D eigenvalue weighted by atomic mass is 9.87. The smallest absolute Gasteiger partial charge is 0.410 e. The van der Waals surface area contributed by atoms with E-state index in [1.807, 2.05) is 48.5 Å². The second kappa shape index (κ2) is 7.62. The Balaban J connectivity index is 4.69. The minimum atomic E-state index is -0.651. The molecule has 5 nitrogen and oxygen atoms in total. The van der Waals surface area contributed by atoms with Gasteiger partial charge in [-0.1, -0.05) is 13.8 Å². The van der Waals surface area contributed by atoms with Gasteiger partial charge in [-0.15, -0.1) is 0 Å². The van der Waals surface area contributed by atoms with Gasteiger partial charge in [-0.2, -0.15) is 0 Å². The van der Waals surface area contributed by atoms with Crippen molar-refractivity contribution >= 4 is 11.9 Å². The zero-order valence-electron chi connectivity index (χ0n) is 13.9. The first kappa shape index (κ1) is 18.9. The van der Waals surface area contributed by atoms with Crippen molar-refractivity contribution in [1.82, 2.24) is 4.90 Å². The van der Waals surface area contributed by atoms with Gasteiger partial charge in [0, 0.05) is 25.1 Å². The highest BCUT2D eigenvalue weighted by Crippen LogP contribution is 2.20. The van der Waals surface area contributed by atoms with Crippen molar-refractivity contribution in [1.29, 1.82) is 0 Å². The van der Waals surface area contributed by atoms with E-state index in [0.29, 0.717) is 19.7 Å². The molecule has 0 unspecified atom stereocenters. The zero-order chi connectivity index (χ0) is 16.0. The Labute approximate surface area is 122 Å². The molecule has 0 aliphatic heterocycles. The Morgan fingerprint density at radius 1 is 1.05 bits per heavy atom. The molecule has 0 spiro atoms. The predicted octanol–water partition coefficient (Wildman–Crippen LogP) is 2.88. The summed E-state index contributed by atoms with van der Waals surface area (Å²) in [7, 11) is 0. The average molecular weight is 287 g/mol. The van der Waals surface area contributed by atoms with Crippen LogP contribution in [0.1, 0.15) is 48.5 Å². The van der Waals surface area contributed by atoms with E-state index in [4.69, 9.17) is 9.47 Å². The number of Topliss-reactive ketones (excluding diaryl/α,β-unsaturated/α-hetero) is 1. The largest absolute Gasteiger partial charge is 0.444 e. The van der Waals surface area contributed by atoms with Crippen LogP contribution in [0.3, 0.4) is 0 Å². The molecule has 0 aromatic heterocycles. The van der Waals surface area contributed by atoms with Crippen LogP contribution >= 0.6 is 0 Å². The van der Waals surface area contributed by atoms with E-state index in [2.05, 4.69) is 0 Å². The standard InChI is InChI=1S/C15H29NO4/c1-8-16(13(18)20-14(3,4)5)11-15(6,7)12(17)10-19-9-2/h8-11H2,1-7H3. The van der Waals surface area contributed by atoms with Crippen molar-refractivity contribution in [2.24, 2.45) is 5.41 Å². The number of carbonyl (C=O) groups is 2. The molecule has 0 radical (unpaired) electrons. The molecule has 0 N–H and O–H groups in total. The Bertz CT molecular complexity index is 331. The lowest BCUT2D eigenvalue weighted by Gasteiger charge is -2.32. The highest BCUT2D eigenvalue weighted by atomic mass is 16.6. The molecule has 0 saturated heterocycles. The van der Waals surface area contributed by atoms with E-state index >= 15 is 0 Å². The molecule has 0 bridgehead atoms. The first-order valence-corrected chi connectivity index (χ1v) is 7.12. The van der Waals surface area contributed by atoms with Gasteiger partial charge in [-0.3, -0.25) is 4.79 Å². The monoisotopic (exact) mass is 287 g/mol. The summed E-state index contributed by atoms with van der Waals surface area (Å²) in [4.78, 5) is 25.7. The van der Waals surface area contributed by atoms with Crippen molar-refractivity contribution in [2.45, 2.75) is 54.1 Å². The number of nitrogens with zero attached hydrogens (tertiary/aromatic N) is 1. The summed E-state index contributed by atoms with van der Waals surface area (Å²) < 4.78 is 10.5. The predicted molar refractivity (Wildman–Crippen MR) is 78.8 cm³/mol. The van der Waals surface area contributed by atoms with Crippen LogP contribution in [0, 0.1) is 5.41 Å². The molecule has 118 valence electrons. The molecule has 0 atom stereocenters. The van der Waals surface area contributed by atoms with Crippen LogP contribution in [-0.2, 0) is 14.3 Å². The van der Waals surface area contributed by atoms with E-state index in [9.17, 15) is 9.59 Å². The summed E-state index contributed by atoms with van der Waals surface area (Å²) in [6, 6.07) is 0. The lowest BCUT2D eigenvalue weighted by Crippen LogP contribution is -2.45. The minimum absolute atomic E-state index is 0.0126. The number of rotatable bonds is 7. The molecule has 1 amide bonds. The van der Waals surface area contributed by atoms with Crippen LogP contribution in [0.25, 0.3) is 0 Å². The molecular formula is C15H29NO4. The van der Waals surface area contributed by atoms with Crippen molar-refractivity contribution in [2.75, 3.05) is 26.3 Å². The van der Waals surface area contributed by atoms with Crippen molar-refractivity contribution in [3.8, 4) is 0 Å². The number of ether oxygens (including phenoxy) is 2. The first-order chi connectivity index (χ1) is 9.03. The molecule has 0 aliphatic rings. The van der Waals surface area contributed by atoms with Gasteiger partial charge in [-0.05, 0) is 34.6 Å². The summed E-state index contributed by atoms with van der Waals surface area (Å²) in [5.41, 5.74) is -1.19. The number of carbonyl (C=O) groups excluding carboxylic acids is 2. The number of ketones is 1. The third-order valence-electron chi connectivity index (χ3n) is 2.81. The fourth-order valence-electron chi connectivity index (χ4n) is 1.59. The van der Waals surface area contributed by atoms with Gasteiger partial charge in [0.2, 0.25) is 0 Å². The molecule has 0 heterocycles. The second-order valence-electron chi connectivity index (χ2n) is 6.44. The fraction of sp³-hybridized carbons (Fsp3) is 0.867. The molecular weight excluding hydrogens is 258 g/mol. The van der Waals surface area contributed by atoms with Gasteiger partial charge in [0.25, 0.3) is 0 Å². The number of hydrogen-bond donors (Lipinski definition) is 0. The van der Waals surface area contributed by atoms with Crippen LogP contribution in [-0.4, -0.2) is 48.7 Å². The van der Waals surface area contributed by atoms with E-state index in [1.165, 1.54) is 0 Å². The van der Waals surface area contributed by atoms with Gasteiger partial charge in [0.1, 0.15) is 12.2 Å². The van der Waals surface area contributed by atoms with Gasteiger partial charge in [0.15, 0.2) is 5.78 Å².